The monoisotopic (exact) mass is 300 g/mol. The maximum Gasteiger partial charge on any atom is 0.246 e. The van der Waals surface area contributed by atoms with Crippen molar-refractivity contribution in [3.05, 3.63) is 28.2 Å². The molecular formula is C11H10Cl2N4O2. The lowest BCUT2D eigenvalue weighted by Crippen LogP contribution is -2.34. The minimum atomic E-state index is -0.0962. The van der Waals surface area contributed by atoms with Crippen LogP contribution in [0.3, 0.4) is 0 Å². The molecule has 3 rings (SSSR count). The number of morpholine rings is 1. The molecule has 1 atom stereocenters. The Balaban J connectivity index is 1.87. The third-order valence-electron chi connectivity index (χ3n) is 2.68. The molecule has 1 N–H and O–H groups in total. The Hall–Kier alpha value is -1.21. The maximum absolute atomic E-state index is 6.05. The molecule has 1 unspecified atom stereocenters. The third-order valence-corrected chi connectivity index (χ3v) is 3.18. The molecule has 0 amide bonds. The van der Waals surface area contributed by atoms with Crippen molar-refractivity contribution < 1.29 is 9.26 Å². The zero-order chi connectivity index (χ0) is 13.2. The molecule has 1 saturated heterocycles. The van der Waals surface area contributed by atoms with Crippen LogP contribution in [-0.2, 0) is 4.74 Å². The average Bonchev–Trinajstić information content (AvgIpc) is 2.89. The van der Waals surface area contributed by atoms with Crippen molar-refractivity contribution in [2.24, 2.45) is 0 Å². The lowest BCUT2D eigenvalue weighted by atomic mass is 10.3. The van der Waals surface area contributed by atoms with E-state index in [2.05, 4.69) is 20.4 Å². The summed E-state index contributed by atoms with van der Waals surface area (Å²) >= 11 is 11.8. The summed E-state index contributed by atoms with van der Waals surface area (Å²) in [5, 5.41) is 7.95. The van der Waals surface area contributed by atoms with Crippen LogP contribution >= 0.6 is 23.2 Å². The number of nitrogens with zero attached hydrogens (tertiary/aromatic N) is 3. The van der Waals surface area contributed by atoms with Gasteiger partial charge in [-0.1, -0.05) is 28.4 Å². The second kappa shape index (κ2) is 5.42. The van der Waals surface area contributed by atoms with Crippen LogP contribution in [0.2, 0.25) is 10.0 Å². The van der Waals surface area contributed by atoms with Crippen LogP contribution in [0.1, 0.15) is 11.9 Å². The fraction of sp³-hybridized carbons (Fsp3) is 0.364. The molecule has 100 valence electrons. The van der Waals surface area contributed by atoms with E-state index in [1.54, 1.807) is 6.07 Å². The van der Waals surface area contributed by atoms with Crippen molar-refractivity contribution >= 4 is 23.2 Å². The lowest BCUT2D eigenvalue weighted by molar-refractivity contribution is 0.0659. The zero-order valence-corrected chi connectivity index (χ0v) is 11.3. The van der Waals surface area contributed by atoms with E-state index in [1.165, 1.54) is 6.20 Å². The predicted molar refractivity (Wildman–Crippen MR) is 69.1 cm³/mol. The summed E-state index contributed by atoms with van der Waals surface area (Å²) in [5.41, 5.74) is 0.442. The van der Waals surface area contributed by atoms with E-state index in [0.717, 1.165) is 6.54 Å². The van der Waals surface area contributed by atoms with Crippen LogP contribution < -0.4 is 5.32 Å². The summed E-state index contributed by atoms with van der Waals surface area (Å²) in [4.78, 5) is 8.39. The second-order valence-corrected chi connectivity index (χ2v) is 4.87. The molecule has 3 heterocycles. The fourth-order valence-electron chi connectivity index (χ4n) is 1.78. The molecule has 8 heteroatoms. The Bertz CT molecular complexity index is 584. The molecule has 2 aromatic heterocycles. The highest BCUT2D eigenvalue weighted by molar-refractivity contribution is 6.35. The molecule has 0 aromatic carbocycles. The summed E-state index contributed by atoms with van der Waals surface area (Å²) < 4.78 is 10.6. The van der Waals surface area contributed by atoms with E-state index >= 15 is 0 Å². The molecule has 0 bridgehead atoms. The van der Waals surface area contributed by atoms with Crippen molar-refractivity contribution in [3.8, 4) is 11.5 Å². The first kappa shape index (κ1) is 12.8. The Morgan fingerprint density at radius 1 is 1.37 bits per heavy atom. The highest BCUT2D eigenvalue weighted by atomic mass is 35.5. The van der Waals surface area contributed by atoms with E-state index in [-0.39, 0.29) is 6.04 Å². The van der Waals surface area contributed by atoms with Crippen molar-refractivity contribution in [1.82, 2.24) is 20.4 Å². The molecular weight excluding hydrogens is 291 g/mol. The number of aromatic nitrogens is 3. The molecule has 2 aromatic rings. The normalized spacial score (nSPS) is 19.6. The molecule has 1 aliphatic heterocycles. The van der Waals surface area contributed by atoms with Gasteiger partial charge in [-0.25, -0.2) is 4.98 Å². The molecule has 6 nitrogen and oxygen atoms in total. The van der Waals surface area contributed by atoms with Gasteiger partial charge in [0.1, 0.15) is 11.7 Å². The molecule has 1 aliphatic rings. The summed E-state index contributed by atoms with van der Waals surface area (Å²) in [6.45, 7) is 1.94. The molecule has 0 aliphatic carbocycles. The van der Waals surface area contributed by atoms with Gasteiger partial charge in [0.25, 0.3) is 0 Å². The van der Waals surface area contributed by atoms with Crippen molar-refractivity contribution in [2.75, 3.05) is 19.8 Å². The Morgan fingerprint density at radius 3 is 3.00 bits per heavy atom. The van der Waals surface area contributed by atoms with Gasteiger partial charge < -0.3 is 14.6 Å². The molecule has 0 spiro atoms. The van der Waals surface area contributed by atoms with Crippen molar-refractivity contribution in [1.29, 1.82) is 0 Å². The SMILES string of the molecule is Clc1cnc(-c2noc(C3COCCN3)n2)c(Cl)c1. The van der Waals surface area contributed by atoms with Gasteiger partial charge in [0.05, 0.1) is 23.3 Å². The number of ether oxygens (including phenoxy) is 1. The number of rotatable bonds is 2. The van der Waals surface area contributed by atoms with Crippen molar-refractivity contribution in [3.63, 3.8) is 0 Å². The van der Waals surface area contributed by atoms with E-state index in [0.29, 0.717) is 40.7 Å². The largest absolute Gasteiger partial charge is 0.378 e. The van der Waals surface area contributed by atoms with Crippen LogP contribution in [0.15, 0.2) is 16.8 Å². The lowest BCUT2D eigenvalue weighted by Gasteiger charge is -2.20. The highest BCUT2D eigenvalue weighted by Crippen LogP contribution is 2.26. The standard InChI is InChI=1S/C11H10Cl2N4O2/c12-6-3-7(13)9(15-4-6)10-16-11(19-17-10)8-5-18-2-1-14-8/h3-4,8,14H,1-2,5H2. The summed E-state index contributed by atoms with van der Waals surface area (Å²) in [6, 6.07) is 1.49. The van der Waals surface area contributed by atoms with Crippen LogP contribution in [0.25, 0.3) is 11.5 Å². The minimum absolute atomic E-state index is 0.0962. The number of halogens is 2. The number of nitrogens with one attached hydrogen (secondary N) is 1. The van der Waals surface area contributed by atoms with Gasteiger partial charge in [-0.05, 0) is 6.07 Å². The maximum atomic E-state index is 6.05. The average molecular weight is 301 g/mol. The van der Waals surface area contributed by atoms with Gasteiger partial charge >= 0.3 is 0 Å². The van der Waals surface area contributed by atoms with Crippen LogP contribution in [0.4, 0.5) is 0 Å². The summed E-state index contributed by atoms with van der Waals surface area (Å²) in [5.74, 6) is 0.798. The van der Waals surface area contributed by atoms with Crippen LogP contribution in [0.5, 0.6) is 0 Å². The number of pyridine rings is 1. The predicted octanol–water partition coefficient (Wildman–Crippen LogP) is 2.10. The first-order valence-corrected chi connectivity index (χ1v) is 6.46. The second-order valence-electron chi connectivity index (χ2n) is 4.02. The van der Waals surface area contributed by atoms with E-state index in [1.807, 2.05) is 0 Å². The highest BCUT2D eigenvalue weighted by Gasteiger charge is 2.23. The van der Waals surface area contributed by atoms with Gasteiger partial charge in [-0.2, -0.15) is 4.98 Å². The van der Waals surface area contributed by atoms with Crippen LogP contribution in [0, 0.1) is 0 Å². The van der Waals surface area contributed by atoms with E-state index < -0.39 is 0 Å². The van der Waals surface area contributed by atoms with Gasteiger partial charge in [0, 0.05) is 12.7 Å². The van der Waals surface area contributed by atoms with Gasteiger partial charge in [0.15, 0.2) is 0 Å². The van der Waals surface area contributed by atoms with Gasteiger partial charge in [-0.3, -0.25) is 0 Å². The Labute approximate surface area is 119 Å². The summed E-state index contributed by atoms with van der Waals surface area (Å²) in [6.07, 6.45) is 1.49. The number of hydrogen-bond acceptors (Lipinski definition) is 6. The Morgan fingerprint density at radius 2 is 2.26 bits per heavy atom. The van der Waals surface area contributed by atoms with Crippen molar-refractivity contribution in [2.45, 2.75) is 6.04 Å². The third kappa shape index (κ3) is 2.71. The zero-order valence-electron chi connectivity index (χ0n) is 9.77. The first-order chi connectivity index (χ1) is 9.24. The minimum Gasteiger partial charge on any atom is -0.378 e. The number of hydrogen-bond donors (Lipinski definition) is 1. The van der Waals surface area contributed by atoms with Gasteiger partial charge in [-0.15, -0.1) is 0 Å². The summed E-state index contributed by atoms with van der Waals surface area (Å²) in [7, 11) is 0. The quantitative estimate of drug-likeness (QED) is 0.915. The molecule has 1 fully saturated rings. The molecule has 19 heavy (non-hydrogen) atoms. The molecule has 0 radical (unpaired) electrons. The fourth-order valence-corrected chi connectivity index (χ4v) is 2.24. The smallest absolute Gasteiger partial charge is 0.246 e. The van der Waals surface area contributed by atoms with E-state index in [9.17, 15) is 0 Å². The van der Waals surface area contributed by atoms with Crippen LogP contribution in [-0.4, -0.2) is 34.9 Å². The Kier molecular flexibility index (Phi) is 3.65. The molecule has 0 saturated carbocycles. The van der Waals surface area contributed by atoms with E-state index in [4.69, 9.17) is 32.5 Å². The van der Waals surface area contributed by atoms with Gasteiger partial charge in [0.2, 0.25) is 11.7 Å². The topological polar surface area (TPSA) is 73.1 Å². The first-order valence-electron chi connectivity index (χ1n) is 5.70.